The Labute approximate surface area is 190 Å². The van der Waals surface area contributed by atoms with Crippen molar-refractivity contribution in [1.82, 2.24) is 19.5 Å². The summed E-state index contributed by atoms with van der Waals surface area (Å²) in [5.74, 6) is -0.753. The first-order valence-corrected chi connectivity index (χ1v) is 11.4. The Morgan fingerprint density at radius 3 is 2.61 bits per heavy atom. The maximum Gasteiger partial charge on any atom is 0.306 e. The van der Waals surface area contributed by atoms with Gasteiger partial charge in [0.15, 0.2) is 5.65 Å². The molecule has 0 spiro atoms. The predicted octanol–water partition coefficient (Wildman–Crippen LogP) is 3.85. The third kappa shape index (κ3) is 4.47. The fourth-order valence-corrected chi connectivity index (χ4v) is 4.90. The van der Waals surface area contributed by atoms with Gasteiger partial charge in [-0.1, -0.05) is 12.1 Å². The van der Waals surface area contributed by atoms with E-state index >= 15 is 0 Å². The molecule has 2 aliphatic carbocycles. The average molecular weight is 455 g/mol. The molecule has 0 amide bonds. The van der Waals surface area contributed by atoms with Crippen molar-refractivity contribution in [3.05, 3.63) is 36.3 Å². The number of imidazole rings is 1. The summed E-state index contributed by atoms with van der Waals surface area (Å²) in [6.07, 6.45) is 6.25. The minimum absolute atomic E-state index is 0.127. The minimum Gasteiger partial charge on any atom is -0.481 e. The number of anilines is 3. The summed E-state index contributed by atoms with van der Waals surface area (Å²) in [5, 5.41) is 25.7. The molecule has 2 fully saturated rings. The van der Waals surface area contributed by atoms with Gasteiger partial charge in [0.05, 0.1) is 23.9 Å². The number of aliphatic carboxylic acids is 1. The second-order valence-electron chi connectivity index (χ2n) is 8.96. The number of hydrogen-bond donors (Lipinski definition) is 4. The molecular weight excluding hydrogens is 427 g/mol. The minimum atomic E-state index is -0.804. The Hall–Kier alpha value is -3.27. The smallest absolute Gasteiger partial charge is 0.306 e. The Balaban J connectivity index is 1.50. The van der Waals surface area contributed by atoms with Gasteiger partial charge < -0.3 is 20.8 Å². The van der Waals surface area contributed by atoms with Crippen molar-refractivity contribution < 1.29 is 19.4 Å². The number of aliphatic hydroxyl groups is 1. The lowest BCUT2D eigenvalue weighted by atomic mass is 9.93. The molecule has 3 aromatic rings. The normalized spacial score (nSPS) is 25.3. The van der Waals surface area contributed by atoms with Crippen molar-refractivity contribution in [2.75, 3.05) is 10.6 Å². The largest absolute Gasteiger partial charge is 0.481 e. The lowest BCUT2D eigenvalue weighted by Crippen LogP contribution is -2.29. The number of nitrogens with one attached hydrogen (secondary N) is 2. The number of aromatic nitrogens is 4. The van der Waals surface area contributed by atoms with Crippen LogP contribution in [-0.2, 0) is 4.79 Å². The number of para-hydroxylation sites is 1. The molecule has 2 aromatic heterocycles. The summed E-state index contributed by atoms with van der Waals surface area (Å²) in [6.45, 7) is 0. The predicted molar refractivity (Wildman–Crippen MR) is 121 cm³/mol. The first-order chi connectivity index (χ1) is 16.0. The van der Waals surface area contributed by atoms with E-state index in [-0.39, 0.29) is 23.9 Å². The van der Waals surface area contributed by atoms with E-state index in [4.69, 9.17) is 4.98 Å². The molecule has 2 atom stereocenters. The molecular formula is C23H27FN6O3. The zero-order valence-corrected chi connectivity index (χ0v) is 18.1. The third-order valence-electron chi connectivity index (χ3n) is 6.70. The summed E-state index contributed by atoms with van der Waals surface area (Å²) in [5.41, 5.74) is 1.42. The molecule has 174 valence electrons. The molecule has 0 saturated heterocycles. The second-order valence-corrected chi connectivity index (χ2v) is 8.96. The fourth-order valence-electron chi connectivity index (χ4n) is 4.90. The maximum atomic E-state index is 14.3. The number of hydrogen-bond acceptors (Lipinski definition) is 7. The summed E-state index contributed by atoms with van der Waals surface area (Å²) in [6, 6.07) is 6.40. The summed E-state index contributed by atoms with van der Waals surface area (Å²) in [7, 11) is 0. The highest BCUT2D eigenvalue weighted by molar-refractivity contribution is 5.77. The van der Waals surface area contributed by atoms with Crippen LogP contribution in [0.3, 0.4) is 0 Å². The van der Waals surface area contributed by atoms with E-state index in [0.29, 0.717) is 42.3 Å². The first kappa shape index (κ1) is 21.6. The van der Waals surface area contributed by atoms with Crippen LogP contribution in [0.5, 0.6) is 0 Å². The van der Waals surface area contributed by atoms with E-state index < -0.39 is 17.7 Å². The van der Waals surface area contributed by atoms with Crippen LogP contribution in [0.15, 0.2) is 30.5 Å². The van der Waals surface area contributed by atoms with Gasteiger partial charge in [-0.25, -0.2) is 14.4 Å². The van der Waals surface area contributed by atoms with Crippen molar-refractivity contribution in [3.63, 3.8) is 0 Å². The summed E-state index contributed by atoms with van der Waals surface area (Å²) >= 11 is 0. The van der Waals surface area contributed by atoms with Gasteiger partial charge in [-0.3, -0.25) is 9.36 Å². The van der Waals surface area contributed by atoms with Gasteiger partial charge in [0.1, 0.15) is 11.3 Å². The second kappa shape index (κ2) is 8.93. The molecule has 0 bridgehead atoms. The average Bonchev–Trinajstić information content (AvgIpc) is 3.41. The number of carboxylic acids is 1. The van der Waals surface area contributed by atoms with Gasteiger partial charge in [0.2, 0.25) is 11.9 Å². The lowest BCUT2D eigenvalue weighted by Gasteiger charge is -2.26. The van der Waals surface area contributed by atoms with Crippen LogP contribution in [0.1, 0.15) is 51.0 Å². The molecule has 2 aliphatic rings. The fraction of sp³-hybridized carbons (Fsp3) is 0.478. The van der Waals surface area contributed by atoms with Gasteiger partial charge in [-0.05, 0) is 57.1 Å². The van der Waals surface area contributed by atoms with Crippen molar-refractivity contribution >= 4 is 34.7 Å². The molecule has 0 unspecified atom stereocenters. The van der Waals surface area contributed by atoms with Crippen molar-refractivity contribution in [2.24, 2.45) is 5.92 Å². The van der Waals surface area contributed by atoms with Gasteiger partial charge in [-0.2, -0.15) is 4.98 Å². The molecule has 33 heavy (non-hydrogen) atoms. The van der Waals surface area contributed by atoms with Gasteiger partial charge >= 0.3 is 5.97 Å². The third-order valence-corrected chi connectivity index (χ3v) is 6.70. The van der Waals surface area contributed by atoms with Crippen molar-refractivity contribution in [2.45, 2.75) is 63.1 Å². The van der Waals surface area contributed by atoms with E-state index in [0.717, 1.165) is 25.7 Å². The van der Waals surface area contributed by atoms with E-state index in [1.165, 1.54) is 6.07 Å². The number of halogens is 1. The van der Waals surface area contributed by atoms with Crippen LogP contribution >= 0.6 is 0 Å². The molecule has 10 heteroatoms. The summed E-state index contributed by atoms with van der Waals surface area (Å²) < 4.78 is 16.2. The zero-order valence-electron chi connectivity index (χ0n) is 18.1. The molecule has 2 saturated carbocycles. The Kier molecular flexibility index (Phi) is 5.84. The monoisotopic (exact) mass is 454 g/mol. The van der Waals surface area contributed by atoms with E-state index in [9.17, 15) is 19.4 Å². The Bertz CT molecular complexity index is 1160. The van der Waals surface area contributed by atoms with E-state index in [1.807, 2.05) is 4.57 Å². The first-order valence-electron chi connectivity index (χ1n) is 11.4. The van der Waals surface area contributed by atoms with Crippen LogP contribution in [0.25, 0.3) is 11.2 Å². The van der Waals surface area contributed by atoms with E-state index in [2.05, 4.69) is 20.6 Å². The summed E-state index contributed by atoms with van der Waals surface area (Å²) in [4.78, 5) is 25.3. The zero-order chi connectivity index (χ0) is 22.9. The van der Waals surface area contributed by atoms with Crippen LogP contribution in [0.2, 0.25) is 0 Å². The number of fused-ring (bicyclic) bond motifs is 1. The highest BCUT2D eigenvalue weighted by Crippen LogP contribution is 2.39. The Morgan fingerprint density at radius 2 is 1.88 bits per heavy atom. The van der Waals surface area contributed by atoms with Crippen LogP contribution in [0, 0.1) is 11.7 Å². The van der Waals surface area contributed by atoms with Crippen molar-refractivity contribution in [3.8, 4) is 0 Å². The van der Waals surface area contributed by atoms with Crippen LogP contribution < -0.4 is 10.6 Å². The Morgan fingerprint density at radius 1 is 1.09 bits per heavy atom. The highest BCUT2D eigenvalue weighted by Gasteiger charge is 2.33. The molecule has 1 aromatic carbocycles. The number of nitrogens with zero attached hydrogens (tertiary/aromatic N) is 4. The number of carbonyl (C=O) groups is 1. The van der Waals surface area contributed by atoms with Crippen LogP contribution in [0.4, 0.5) is 22.0 Å². The van der Waals surface area contributed by atoms with E-state index in [1.54, 1.807) is 24.4 Å². The van der Waals surface area contributed by atoms with Crippen molar-refractivity contribution in [1.29, 1.82) is 0 Å². The van der Waals surface area contributed by atoms with Gasteiger partial charge in [0, 0.05) is 12.1 Å². The molecule has 0 radical (unpaired) electrons. The quantitative estimate of drug-likeness (QED) is 0.443. The standard InChI is InChI=1S/C23H27FN6O3/c24-17-3-1-2-4-18(17)27-23-28-19-12-25-22(26-14-6-9-16(31)10-7-14)29-20(19)30(23)15-8-5-13(11-15)21(32)33/h1-4,12-16,31H,5-11H2,(H,27,28)(H,32,33)(H,25,26,29)/t13-,14?,15+,16?/m1/s1. The number of benzene rings is 1. The van der Waals surface area contributed by atoms with Crippen LogP contribution in [-0.4, -0.2) is 47.8 Å². The van der Waals surface area contributed by atoms with Gasteiger partial charge in [-0.15, -0.1) is 0 Å². The SMILES string of the molecule is O=C(O)[C@@H]1CC[C@H](n2c(Nc3ccccc3F)nc3cnc(NC4CCC(O)CC4)nc32)C1. The topological polar surface area (TPSA) is 125 Å². The molecule has 0 aliphatic heterocycles. The molecule has 9 nitrogen and oxygen atoms in total. The maximum absolute atomic E-state index is 14.3. The molecule has 2 heterocycles. The lowest BCUT2D eigenvalue weighted by molar-refractivity contribution is -0.141. The number of rotatable bonds is 6. The molecule has 5 rings (SSSR count). The number of aliphatic hydroxyl groups excluding tert-OH is 1. The molecule has 4 N–H and O–H groups in total. The van der Waals surface area contributed by atoms with Gasteiger partial charge in [0.25, 0.3) is 0 Å². The number of carboxylic acid groups (broad SMARTS) is 1. The highest BCUT2D eigenvalue weighted by atomic mass is 19.1.